The van der Waals surface area contributed by atoms with Crippen molar-refractivity contribution in [3.05, 3.63) is 35.4 Å². The SMILES string of the molecule is C#Cc1cccc2nc(N)cc(C(C)(C)C)c12. The number of aromatic nitrogens is 1. The lowest BCUT2D eigenvalue weighted by Crippen LogP contribution is -2.13. The molecule has 2 aromatic rings. The second kappa shape index (κ2) is 3.78. The number of nitrogen functional groups attached to an aromatic ring is 1. The van der Waals surface area contributed by atoms with E-state index in [4.69, 9.17) is 12.2 Å². The van der Waals surface area contributed by atoms with Gasteiger partial charge in [0.1, 0.15) is 5.82 Å². The van der Waals surface area contributed by atoms with E-state index in [-0.39, 0.29) is 5.41 Å². The highest BCUT2D eigenvalue weighted by molar-refractivity contribution is 5.90. The highest BCUT2D eigenvalue weighted by Gasteiger charge is 2.19. The molecule has 0 bridgehead atoms. The first-order valence-electron chi connectivity index (χ1n) is 5.60. The largest absolute Gasteiger partial charge is 0.384 e. The quantitative estimate of drug-likeness (QED) is 0.698. The van der Waals surface area contributed by atoms with Crippen molar-refractivity contribution in [1.82, 2.24) is 4.98 Å². The number of fused-ring (bicyclic) bond motifs is 1. The van der Waals surface area contributed by atoms with Gasteiger partial charge in [0.2, 0.25) is 0 Å². The third-order valence-electron chi connectivity index (χ3n) is 2.82. The maximum absolute atomic E-state index is 5.85. The Morgan fingerprint density at radius 2 is 2.00 bits per heavy atom. The second-order valence-electron chi connectivity index (χ2n) is 5.19. The molecule has 0 fully saturated rings. The van der Waals surface area contributed by atoms with Crippen molar-refractivity contribution in [3.63, 3.8) is 0 Å². The number of hydrogen-bond acceptors (Lipinski definition) is 2. The lowest BCUT2D eigenvalue weighted by Gasteiger charge is -2.22. The Hall–Kier alpha value is -2.01. The first-order valence-corrected chi connectivity index (χ1v) is 5.60. The van der Waals surface area contributed by atoms with Gasteiger partial charge >= 0.3 is 0 Å². The molecule has 2 N–H and O–H groups in total. The molecule has 0 saturated heterocycles. The van der Waals surface area contributed by atoms with E-state index < -0.39 is 0 Å². The average Bonchev–Trinajstić information content (AvgIpc) is 2.25. The van der Waals surface area contributed by atoms with Crippen LogP contribution in [0.2, 0.25) is 0 Å². The molecule has 2 rings (SSSR count). The van der Waals surface area contributed by atoms with E-state index in [1.54, 1.807) is 0 Å². The molecule has 0 atom stereocenters. The van der Waals surface area contributed by atoms with E-state index in [0.717, 1.165) is 22.0 Å². The van der Waals surface area contributed by atoms with Crippen LogP contribution in [0.25, 0.3) is 10.9 Å². The lowest BCUT2D eigenvalue weighted by atomic mass is 9.83. The second-order valence-corrected chi connectivity index (χ2v) is 5.19. The van der Waals surface area contributed by atoms with Crippen LogP contribution in [0.15, 0.2) is 24.3 Å². The molecule has 86 valence electrons. The molecule has 0 aliphatic rings. The number of nitrogens with zero attached hydrogens (tertiary/aromatic N) is 1. The smallest absolute Gasteiger partial charge is 0.124 e. The minimum Gasteiger partial charge on any atom is -0.384 e. The molecule has 1 aromatic carbocycles. The Morgan fingerprint density at radius 3 is 2.59 bits per heavy atom. The molecule has 2 heteroatoms. The molecule has 0 amide bonds. The van der Waals surface area contributed by atoms with Gasteiger partial charge in [-0.05, 0) is 29.2 Å². The van der Waals surface area contributed by atoms with Gasteiger partial charge in [0.05, 0.1) is 5.52 Å². The molecular weight excluding hydrogens is 208 g/mol. The number of rotatable bonds is 0. The standard InChI is InChI=1S/C15H16N2/c1-5-10-7-6-8-12-14(10)11(15(2,3)4)9-13(16)17-12/h1,6-9H,2-4H3,(H2,16,17). The molecule has 0 spiro atoms. The van der Waals surface area contributed by atoms with Gasteiger partial charge in [-0.3, -0.25) is 0 Å². The molecule has 0 aliphatic heterocycles. The zero-order chi connectivity index (χ0) is 12.6. The van der Waals surface area contributed by atoms with Crippen LogP contribution in [0, 0.1) is 12.3 Å². The van der Waals surface area contributed by atoms with Gasteiger partial charge in [-0.25, -0.2) is 4.98 Å². The summed E-state index contributed by atoms with van der Waals surface area (Å²) >= 11 is 0. The predicted molar refractivity (Wildman–Crippen MR) is 72.8 cm³/mol. The Kier molecular flexibility index (Phi) is 2.55. The maximum Gasteiger partial charge on any atom is 0.124 e. The Morgan fingerprint density at radius 1 is 1.29 bits per heavy atom. The Bertz CT molecular complexity index is 613. The van der Waals surface area contributed by atoms with Crippen LogP contribution in [-0.2, 0) is 5.41 Å². The van der Waals surface area contributed by atoms with Gasteiger partial charge in [-0.1, -0.05) is 32.8 Å². The van der Waals surface area contributed by atoms with E-state index in [0.29, 0.717) is 5.82 Å². The zero-order valence-corrected chi connectivity index (χ0v) is 10.4. The summed E-state index contributed by atoms with van der Waals surface area (Å²) in [5.74, 6) is 3.26. The van der Waals surface area contributed by atoms with Crippen molar-refractivity contribution >= 4 is 16.7 Å². The van der Waals surface area contributed by atoms with Crippen LogP contribution >= 0.6 is 0 Å². The minimum absolute atomic E-state index is 0.0116. The molecule has 0 unspecified atom stereocenters. The fourth-order valence-corrected chi connectivity index (χ4v) is 2.02. The van der Waals surface area contributed by atoms with Gasteiger partial charge in [0, 0.05) is 10.9 Å². The summed E-state index contributed by atoms with van der Waals surface area (Å²) in [6.45, 7) is 6.44. The third kappa shape index (κ3) is 1.97. The topological polar surface area (TPSA) is 38.9 Å². The molecule has 0 saturated carbocycles. The summed E-state index contributed by atoms with van der Waals surface area (Å²) < 4.78 is 0. The highest BCUT2D eigenvalue weighted by Crippen LogP contribution is 2.32. The van der Waals surface area contributed by atoms with Crippen molar-refractivity contribution < 1.29 is 0 Å². The van der Waals surface area contributed by atoms with Crippen molar-refractivity contribution in [2.45, 2.75) is 26.2 Å². The zero-order valence-electron chi connectivity index (χ0n) is 10.4. The summed E-state index contributed by atoms with van der Waals surface area (Å²) in [5.41, 5.74) is 8.73. The van der Waals surface area contributed by atoms with Gasteiger partial charge in [0.15, 0.2) is 0 Å². The lowest BCUT2D eigenvalue weighted by molar-refractivity contribution is 0.595. The van der Waals surface area contributed by atoms with Crippen LogP contribution in [0.3, 0.4) is 0 Å². The van der Waals surface area contributed by atoms with E-state index in [2.05, 4.69) is 31.7 Å². The van der Waals surface area contributed by atoms with E-state index in [1.807, 2.05) is 24.3 Å². The van der Waals surface area contributed by atoms with E-state index >= 15 is 0 Å². The molecule has 17 heavy (non-hydrogen) atoms. The number of benzene rings is 1. The number of terminal acetylenes is 1. The fourth-order valence-electron chi connectivity index (χ4n) is 2.02. The van der Waals surface area contributed by atoms with Crippen molar-refractivity contribution in [2.24, 2.45) is 0 Å². The maximum atomic E-state index is 5.85. The molecule has 0 radical (unpaired) electrons. The summed E-state index contributed by atoms with van der Waals surface area (Å²) in [6.07, 6.45) is 5.56. The molecular formula is C15H16N2. The monoisotopic (exact) mass is 224 g/mol. The van der Waals surface area contributed by atoms with Gasteiger partial charge in [-0.15, -0.1) is 6.42 Å². The number of nitrogens with two attached hydrogens (primary N) is 1. The minimum atomic E-state index is -0.0116. The molecule has 0 aliphatic carbocycles. The van der Waals surface area contributed by atoms with Crippen LogP contribution in [0.5, 0.6) is 0 Å². The molecule has 1 aromatic heterocycles. The van der Waals surface area contributed by atoms with Crippen LogP contribution in [0.4, 0.5) is 5.82 Å². The summed E-state index contributed by atoms with van der Waals surface area (Å²) in [4.78, 5) is 4.34. The van der Waals surface area contributed by atoms with Crippen molar-refractivity contribution in [3.8, 4) is 12.3 Å². The van der Waals surface area contributed by atoms with E-state index in [9.17, 15) is 0 Å². The predicted octanol–water partition coefficient (Wildman–Crippen LogP) is 3.10. The normalized spacial score (nSPS) is 11.4. The average molecular weight is 224 g/mol. The van der Waals surface area contributed by atoms with Crippen molar-refractivity contribution in [1.29, 1.82) is 0 Å². The van der Waals surface area contributed by atoms with E-state index in [1.165, 1.54) is 0 Å². The Labute approximate surface area is 102 Å². The van der Waals surface area contributed by atoms with Crippen LogP contribution in [0.1, 0.15) is 31.9 Å². The summed E-state index contributed by atoms with van der Waals surface area (Å²) in [6, 6.07) is 7.72. The molecule has 1 heterocycles. The molecule has 2 nitrogen and oxygen atoms in total. The first kappa shape index (κ1) is 11.5. The summed E-state index contributed by atoms with van der Waals surface area (Å²) in [7, 11) is 0. The summed E-state index contributed by atoms with van der Waals surface area (Å²) in [5, 5.41) is 1.04. The van der Waals surface area contributed by atoms with Gasteiger partial charge in [0.25, 0.3) is 0 Å². The number of pyridine rings is 1. The highest BCUT2D eigenvalue weighted by atomic mass is 14.8. The van der Waals surface area contributed by atoms with Crippen LogP contribution in [-0.4, -0.2) is 4.98 Å². The fraction of sp³-hybridized carbons (Fsp3) is 0.267. The van der Waals surface area contributed by atoms with Crippen LogP contribution < -0.4 is 5.73 Å². The number of hydrogen-bond donors (Lipinski definition) is 1. The first-order chi connectivity index (χ1) is 7.93. The van der Waals surface area contributed by atoms with Gasteiger partial charge < -0.3 is 5.73 Å². The van der Waals surface area contributed by atoms with Crippen molar-refractivity contribution in [2.75, 3.05) is 5.73 Å². The van der Waals surface area contributed by atoms with Gasteiger partial charge in [-0.2, -0.15) is 0 Å². The third-order valence-corrected chi connectivity index (χ3v) is 2.82. The number of anilines is 1. The Balaban J connectivity index is 2.96.